The van der Waals surface area contributed by atoms with Crippen molar-refractivity contribution in [2.75, 3.05) is 40.1 Å². The lowest BCUT2D eigenvalue weighted by atomic mass is 10.5. The van der Waals surface area contributed by atoms with Crippen molar-refractivity contribution in [2.24, 2.45) is 0 Å². The largest absolute Gasteiger partial charge is 0.379 e. The maximum atomic E-state index is 5.15. The van der Waals surface area contributed by atoms with Gasteiger partial charge in [-0.15, -0.1) is 0 Å². The van der Waals surface area contributed by atoms with E-state index in [1.54, 1.807) is 7.11 Å². The first-order chi connectivity index (χ1) is 4.43. The van der Waals surface area contributed by atoms with Gasteiger partial charge in [0.2, 0.25) is 0 Å². The van der Waals surface area contributed by atoms with Crippen molar-refractivity contribution in [2.45, 2.75) is 0 Å². The van der Waals surface area contributed by atoms with Crippen LogP contribution in [0.15, 0.2) is 0 Å². The Hall–Kier alpha value is -0.120. The SMILES string of the molecule is COCN1CCOCC1. The summed E-state index contributed by atoms with van der Waals surface area (Å²) in [5.41, 5.74) is 0. The van der Waals surface area contributed by atoms with Gasteiger partial charge in [0, 0.05) is 20.2 Å². The van der Waals surface area contributed by atoms with E-state index in [-0.39, 0.29) is 0 Å². The molecule has 0 aromatic heterocycles. The number of morpholine rings is 1. The molecule has 1 heterocycles. The Balaban J connectivity index is 2.08. The molecule has 54 valence electrons. The molecule has 1 saturated heterocycles. The summed E-state index contributed by atoms with van der Waals surface area (Å²) < 4.78 is 10.1. The Kier molecular flexibility index (Phi) is 2.97. The van der Waals surface area contributed by atoms with E-state index in [1.165, 1.54) is 0 Å². The molecule has 0 amide bonds. The fourth-order valence-corrected chi connectivity index (χ4v) is 0.913. The van der Waals surface area contributed by atoms with Crippen LogP contribution >= 0.6 is 0 Å². The highest BCUT2D eigenvalue weighted by Crippen LogP contribution is 1.94. The monoisotopic (exact) mass is 131 g/mol. The van der Waals surface area contributed by atoms with Crippen molar-refractivity contribution in [1.29, 1.82) is 0 Å². The summed E-state index contributed by atoms with van der Waals surface area (Å²) in [5, 5.41) is 0. The standard InChI is InChI=1S/C6H13NO2/c1-8-6-7-2-4-9-5-3-7/h2-6H2,1H3. The normalized spacial score (nSPS) is 22.3. The Labute approximate surface area is 55.5 Å². The number of hydrogen-bond acceptors (Lipinski definition) is 3. The van der Waals surface area contributed by atoms with Gasteiger partial charge in [-0.1, -0.05) is 0 Å². The van der Waals surface area contributed by atoms with Crippen molar-refractivity contribution in [3.8, 4) is 0 Å². The smallest absolute Gasteiger partial charge is 0.0987 e. The van der Waals surface area contributed by atoms with E-state index in [2.05, 4.69) is 4.90 Å². The van der Waals surface area contributed by atoms with Gasteiger partial charge in [-0.25, -0.2) is 0 Å². The van der Waals surface area contributed by atoms with Crippen molar-refractivity contribution in [3.63, 3.8) is 0 Å². The zero-order valence-electron chi connectivity index (χ0n) is 5.80. The van der Waals surface area contributed by atoms with Crippen molar-refractivity contribution >= 4 is 0 Å². The van der Waals surface area contributed by atoms with Gasteiger partial charge in [0.05, 0.1) is 19.9 Å². The van der Waals surface area contributed by atoms with Crippen molar-refractivity contribution in [1.82, 2.24) is 4.90 Å². The Morgan fingerprint density at radius 3 is 2.67 bits per heavy atom. The summed E-state index contributed by atoms with van der Waals surface area (Å²) in [6.45, 7) is 4.46. The summed E-state index contributed by atoms with van der Waals surface area (Å²) in [6.07, 6.45) is 0. The average molecular weight is 131 g/mol. The first kappa shape index (κ1) is 6.99. The Bertz CT molecular complexity index is 68.7. The maximum Gasteiger partial charge on any atom is 0.0987 e. The highest BCUT2D eigenvalue weighted by molar-refractivity contribution is 4.56. The van der Waals surface area contributed by atoms with Crippen LogP contribution < -0.4 is 0 Å². The van der Waals surface area contributed by atoms with Crippen molar-refractivity contribution in [3.05, 3.63) is 0 Å². The molecule has 0 unspecified atom stereocenters. The predicted octanol–water partition coefficient (Wildman–Crippen LogP) is -0.0775. The van der Waals surface area contributed by atoms with Gasteiger partial charge in [0.25, 0.3) is 0 Å². The van der Waals surface area contributed by atoms with E-state index in [4.69, 9.17) is 9.47 Å². The average Bonchev–Trinajstić information content (AvgIpc) is 1.91. The molecule has 0 aromatic rings. The molecule has 0 saturated carbocycles. The number of methoxy groups -OCH3 is 1. The van der Waals surface area contributed by atoms with Crippen LogP contribution in [-0.4, -0.2) is 45.0 Å². The molecular weight excluding hydrogens is 118 g/mol. The molecule has 3 heteroatoms. The second kappa shape index (κ2) is 3.82. The van der Waals surface area contributed by atoms with Gasteiger partial charge in [-0.2, -0.15) is 0 Å². The van der Waals surface area contributed by atoms with Crippen molar-refractivity contribution < 1.29 is 9.47 Å². The number of ether oxygens (including phenoxy) is 2. The van der Waals surface area contributed by atoms with Crippen LogP contribution in [0.1, 0.15) is 0 Å². The molecule has 1 fully saturated rings. The second-order valence-electron chi connectivity index (χ2n) is 2.15. The second-order valence-corrected chi connectivity index (χ2v) is 2.15. The third-order valence-corrected chi connectivity index (χ3v) is 1.42. The van der Waals surface area contributed by atoms with Crippen LogP contribution in [0.4, 0.5) is 0 Å². The molecule has 0 aromatic carbocycles. The van der Waals surface area contributed by atoms with Crippen LogP contribution in [0.5, 0.6) is 0 Å². The molecule has 1 rings (SSSR count). The molecule has 0 N–H and O–H groups in total. The summed E-state index contributed by atoms with van der Waals surface area (Å²) in [7, 11) is 1.72. The minimum absolute atomic E-state index is 0.739. The molecule has 0 aliphatic carbocycles. The van der Waals surface area contributed by atoms with Crippen LogP contribution in [0.2, 0.25) is 0 Å². The van der Waals surface area contributed by atoms with Gasteiger partial charge in [0.1, 0.15) is 0 Å². The quantitative estimate of drug-likeness (QED) is 0.523. The fraction of sp³-hybridized carbons (Fsp3) is 1.00. The molecule has 0 atom stereocenters. The highest BCUT2D eigenvalue weighted by Gasteiger charge is 2.07. The number of nitrogens with zero attached hydrogens (tertiary/aromatic N) is 1. The lowest BCUT2D eigenvalue weighted by molar-refractivity contribution is -0.0178. The summed E-state index contributed by atoms with van der Waals surface area (Å²) >= 11 is 0. The van der Waals surface area contributed by atoms with E-state index >= 15 is 0 Å². The zero-order valence-corrected chi connectivity index (χ0v) is 5.80. The maximum absolute atomic E-state index is 5.15. The van der Waals surface area contributed by atoms with E-state index in [9.17, 15) is 0 Å². The molecular formula is C6H13NO2. The molecule has 0 spiro atoms. The van der Waals surface area contributed by atoms with Gasteiger partial charge >= 0.3 is 0 Å². The summed E-state index contributed by atoms with van der Waals surface area (Å²) in [5.74, 6) is 0. The predicted molar refractivity (Wildman–Crippen MR) is 34.3 cm³/mol. The fourth-order valence-electron chi connectivity index (χ4n) is 0.913. The molecule has 0 radical (unpaired) electrons. The third-order valence-electron chi connectivity index (χ3n) is 1.42. The molecule has 9 heavy (non-hydrogen) atoms. The zero-order chi connectivity index (χ0) is 6.53. The van der Waals surface area contributed by atoms with Gasteiger partial charge < -0.3 is 9.47 Å². The number of rotatable bonds is 2. The van der Waals surface area contributed by atoms with Crippen LogP contribution in [0, 0.1) is 0 Å². The molecule has 1 aliphatic rings. The van der Waals surface area contributed by atoms with E-state index in [0.717, 1.165) is 33.0 Å². The topological polar surface area (TPSA) is 21.7 Å². The lowest BCUT2D eigenvalue weighted by Gasteiger charge is -2.25. The van der Waals surface area contributed by atoms with Gasteiger partial charge in [-0.3, -0.25) is 4.90 Å². The first-order valence-corrected chi connectivity index (χ1v) is 3.22. The first-order valence-electron chi connectivity index (χ1n) is 3.22. The Morgan fingerprint density at radius 1 is 1.44 bits per heavy atom. The lowest BCUT2D eigenvalue weighted by Crippen LogP contribution is -2.37. The van der Waals surface area contributed by atoms with Crippen LogP contribution in [0.3, 0.4) is 0 Å². The molecule has 3 nitrogen and oxygen atoms in total. The van der Waals surface area contributed by atoms with Crippen LogP contribution in [-0.2, 0) is 9.47 Å². The van der Waals surface area contributed by atoms with Crippen LogP contribution in [0.25, 0.3) is 0 Å². The highest BCUT2D eigenvalue weighted by atomic mass is 16.5. The summed E-state index contributed by atoms with van der Waals surface area (Å²) in [4.78, 5) is 2.23. The van der Waals surface area contributed by atoms with Gasteiger partial charge in [0.15, 0.2) is 0 Å². The van der Waals surface area contributed by atoms with Gasteiger partial charge in [-0.05, 0) is 0 Å². The number of hydrogen-bond donors (Lipinski definition) is 0. The van der Waals surface area contributed by atoms with E-state index in [0.29, 0.717) is 0 Å². The molecule has 1 aliphatic heterocycles. The third kappa shape index (κ3) is 2.30. The minimum atomic E-state index is 0.739. The molecule has 0 bridgehead atoms. The van der Waals surface area contributed by atoms with E-state index < -0.39 is 0 Å². The summed E-state index contributed by atoms with van der Waals surface area (Å²) in [6, 6.07) is 0. The Morgan fingerprint density at radius 2 is 2.11 bits per heavy atom. The minimum Gasteiger partial charge on any atom is -0.379 e. The van der Waals surface area contributed by atoms with E-state index in [1.807, 2.05) is 0 Å².